The highest BCUT2D eigenvalue weighted by Crippen LogP contribution is 2.51. The third-order valence-electron chi connectivity index (χ3n) is 4.88. The van der Waals surface area contributed by atoms with Gasteiger partial charge in [0, 0.05) is 16.8 Å². The number of hydrogen-bond acceptors (Lipinski definition) is 1. The Kier molecular flexibility index (Phi) is 2.97. The Morgan fingerprint density at radius 2 is 1.50 bits per heavy atom. The van der Waals surface area contributed by atoms with Crippen molar-refractivity contribution in [1.82, 2.24) is 0 Å². The van der Waals surface area contributed by atoms with E-state index in [2.05, 4.69) is 85.5 Å². The summed E-state index contributed by atoms with van der Waals surface area (Å²) < 4.78 is 0. The quantitative estimate of drug-likeness (QED) is 0.648. The lowest BCUT2D eigenvalue weighted by molar-refractivity contribution is 0.603. The highest BCUT2D eigenvalue weighted by Gasteiger charge is 2.39. The monoisotopic (exact) mass is 287 g/mol. The molecule has 2 aliphatic rings. The lowest BCUT2D eigenvalue weighted by Crippen LogP contribution is -2.36. The second-order valence-corrected chi connectivity index (χ2v) is 6.60. The van der Waals surface area contributed by atoms with Crippen LogP contribution in [0.1, 0.15) is 32.3 Å². The van der Waals surface area contributed by atoms with Crippen molar-refractivity contribution >= 4 is 11.4 Å². The molecule has 0 unspecified atom stereocenters. The van der Waals surface area contributed by atoms with Crippen molar-refractivity contribution in [2.45, 2.75) is 32.1 Å². The Hall–Kier alpha value is -2.28. The number of allylic oxidation sites excluding steroid dienone is 3. The zero-order valence-corrected chi connectivity index (χ0v) is 13.2. The maximum absolute atomic E-state index is 2.43. The number of hydrogen-bond donors (Lipinski definition) is 0. The molecule has 0 fully saturated rings. The molecule has 2 aromatic carbocycles. The molecule has 0 amide bonds. The summed E-state index contributed by atoms with van der Waals surface area (Å²) in [4.78, 5) is 2.42. The van der Waals surface area contributed by atoms with Gasteiger partial charge in [-0.1, -0.05) is 62.4 Å². The van der Waals surface area contributed by atoms with Crippen LogP contribution in [0.3, 0.4) is 0 Å². The number of para-hydroxylation sites is 2. The topological polar surface area (TPSA) is 3.24 Å². The first kappa shape index (κ1) is 13.4. The number of rotatable bonds is 1. The van der Waals surface area contributed by atoms with Gasteiger partial charge in [0.1, 0.15) is 0 Å². The fourth-order valence-electron chi connectivity index (χ4n) is 3.78. The van der Waals surface area contributed by atoms with Crippen molar-refractivity contribution < 1.29 is 0 Å². The minimum Gasteiger partial charge on any atom is -0.310 e. The molecule has 0 spiro atoms. The molecule has 1 nitrogen and oxygen atoms in total. The largest absolute Gasteiger partial charge is 0.310 e. The molecule has 0 N–H and O–H groups in total. The summed E-state index contributed by atoms with van der Waals surface area (Å²) in [6, 6.07) is 19.5. The van der Waals surface area contributed by atoms with Gasteiger partial charge in [0.15, 0.2) is 0 Å². The zero-order chi connectivity index (χ0) is 15.2. The average Bonchev–Trinajstić information content (AvgIpc) is 2.56. The Balaban J connectivity index is 2.01. The van der Waals surface area contributed by atoms with Crippen LogP contribution in [0.25, 0.3) is 0 Å². The molecule has 110 valence electrons. The van der Waals surface area contributed by atoms with Gasteiger partial charge in [-0.25, -0.2) is 0 Å². The Morgan fingerprint density at radius 1 is 0.818 bits per heavy atom. The SMILES string of the molecule is CC1(C)C2=CCCC=C2N(c2ccccc2)c2ccccc21. The molecule has 1 heterocycles. The van der Waals surface area contributed by atoms with Gasteiger partial charge in [-0.2, -0.15) is 0 Å². The van der Waals surface area contributed by atoms with E-state index < -0.39 is 0 Å². The minimum absolute atomic E-state index is 0.0636. The standard InChI is InChI=1S/C21H21N/c1-21(2)17-12-6-8-14-19(17)22(16-10-4-3-5-11-16)20-15-9-7-13-18(20)21/h3-6,8,10-15H,7,9H2,1-2H3. The third kappa shape index (κ3) is 1.85. The van der Waals surface area contributed by atoms with Crippen LogP contribution in [0, 0.1) is 0 Å². The van der Waals surface area contributed by atoms with Gasteiger partial charge < -0.3 is 4.90 Å². The summed E-state index contributed by atoms with van der Waals surface area (Å²) in [7, 11) is 0. The zero-order valence-electron chi connectivity index (χ0n) is 13.2. The molecule has 0 bridgehead atoms. The highest BCUT2D eigenvalue weighted by atomic mass is 15.2. The predicted octanol–water partition coefficient (Wildman–Crippen LogP) is 5.72. The molecule has 0 saturated heterocycles. The third-order valence-corrected chi connectivity index (χ3v) is 4.88. The lowest BCUT2D eigenvalue weighted by Gasteiger charge is -2.45. The van der Waals surface area contributed by atoms with Crippen LogP contribution in [0.15, 0.2) is 78.0 Å². The molecule has 0 radical (unpaired) electrons. The van der Waals surface area contributed by atoms with Gasteiger partial charge in [0.05, 0.1) is 5.69 Å². The van der Waals surface area contributed by atoms with Crippen molar-refractivity contribution in [3.63, 3.8) is 0 Å². The molecule has 0 aromatic heterocycles. The normalized spacial score (nSPS) is 18.9. The Morgan fingerprint density at radius 3 is 2.32 bits per heavy atom. The first-order valence-electron chi connectivity index (χ1n) is 8.05. The van der Waals surface area contributed by atoms with Crippen LogP contribution in [-0.2, 0) is 5.41 Å². The predicted molar refractivity (Wildman–Crippen MR) is 93.4 cm³/mol. The van der Waals surface area contributed by atoms with E-state index in [4.69, 9.17) is 0 Å². The van der Waals surface area contributed by atoms with Crippen LogP contribution in [0.4, 0.5) is 11.4 Å². The number of fused-ring (bicyclic) bond motifs is 2. The summed E-state index contributed by atoms with van der Waals surface area (Å²) in [5, 5.41) is 0. The maximum atomic E-state index is 2.43. The van der Waals surface area contributed by atoms with Gasteiger partial charge in [0.25, 0.3) is 0 Å². The lowest BCUT2D eigenvalue weighted by atomic mass is 9.70. The summed E-state index contributed by atoms with van der Waals surface area (Å²) in [5.74, 6) is 0. The first-order chi connectivity index (χ1) is 10.7. The number of nitrogens with zero attached hydrogens (tertiary/aromatic N) is 1. The second-order valence-electron chi connectivity index (χ2n) is 6.60. The van der Waals surface area contributed by atoms with Crippen molar-refractivity contribution in [2.24, 2.45) is 0 Å². The van der Waals surface area contributed by atoms with E-state index in [9.17, 15) is 0 Å². The highest BCUT2D eigenvalue weighted by molar-refractivity contribution is 5.80. The van der Waals surface area contributed by atoms with Gasteiger partial charge in [0.2, 0.25) is 0 Å². The maximum Gasteiger partial charge on any atom is 0.0502 e. The van der Waals surface area contributed by atoms with Gasteiger partial charge in [-0.15, -0.1) is 0 Å². The molecule has 1 aliphatic carbocycles. The molecule has 0 saturated carbocycles. The fraction of sp³-hybridized carbons (Fsp3) is 0.238. The molecular weight excluding hydrogens is 266 g/mol. The minimum atomic E-state index is 0.0636. The molecule has 0 atom stereocenters. The number of anilines is 2. The summed E-state index contributed by atoms with van der Waals surface area (Å²) in [5.41, 5.74) is 6.84. The van der Waals surface area contributed by atoms with Crippen molar-refractivity contribution in [3.05, 3.63) is 83.6 Å². The van der Waals surface area contributed by atoms with E-state index in [1.807, 2.05) is 0 Å². The molecule has 1 heteroatoms. The van der Waals surface area contributed by atoms with Crippen LogP contribution in [0.5, 0.6) is 0 Å². The molecule has 4 rings (SSSR count). The summed E-state index contributed by atoms with van der Waals surface area (Å²) >= 11 is 0. The van der Waals surface area contributed by atoms with Crippen LogP contribution >= 0.6 is 0 Å². The van der Waals surface area contributed by atoms with Crippen molar-refractivity contribution in [3.8, 4) is 0 Å². The van der Waals surface area contributed by atoms with Crippen molar-refractivity contribution in [2.75, 3.05) is 4.90 Å². The van der Waals surface area contributed by atoms with E-state index in [0.717, 1.165) is 12.8 Å². The molecule has 2 aromatic rings. The number of benzene rings is 2. The van der Waals surface area contributed by atoms with Gasteiger partial charge in [-0.3, -0.25) is 0 Å². The van der Waals surface area contributed by atoms with Crippen LogP contribution in [-0.4, -0.2) is 0 Å². The molecule has 22 heavy (non-hydrogen) atoms. The van der Waals surface area contributed by atoms with Crippen molar-refractivity contribution in [1.29, 1.82) is 0 Å². The smallest absolute Gasteiger partial charge is 0.0502 e. The fourth-order valence-corrected chi connectivity index (χ4v) is 3.78. The Bertz CT molecular complexity index is 766. The van der Waals surface area contributed by atoms with E-state index >= 15 is 0 Å². The van der Waals surface area contributed by atoms with E-state index in [-0.39, 0.29) is 5.41 Å². The average molecular weight is 287 g/mol. The second kappa shape index (κ2) is 4.88. The molecular formula is C21H21N. The Labute approximate surface area is 132 Å². The van der Waals surface area contributed by atoms with Crippen LogP contribution < -0.4 is 4.90 Å². The first-order valence-corrected chi connectivity index (χ1v) is 8.05. The van der Waals surface area contributed by atoms with Gasteiger partial charge in [-0.05, 0) is 42.2 Å². The van der Waals surface area contributed by atoms with E-state index in [1.165, 1.54) is 28.2 Å². The van der Waals surface area contributed by atoms with E-state index in [0.29, 0.717) is 0 Å². The van der Waals surface area contributed by atoms with Crippen LogP contribution in [0.2, 0.25) is 0 Å². The van der Waals surface area contributed by atoms with Gasteiger partial charge >= 0.3 is 0 Å². The summed E-state index contributed by atoms with van der Waals surface area (Å²) in [6.07, 6.45) is 7.11. The summed E-state index contributed by atoms with van der Waals surface area (Å²) in [6.45, 7) is 4.69. The molecule has 1 aliphatic heterocycles. The van der Waals surface area contributed by atoms with E-state index in [1.54, 1.807) is 0 Å².